The normalized spacial score (nSPS) is 9.50. The molecule has 0 fully saturated rings. The molecule has 4 nitrogen and oxygen atoms in total. The molecule has 0 aliphatic heterocycles. The zero-order chi connectivity index (χ0) is 10.4. The molecule has 0 aliphatic rings. The van der Waals surface area contributed by atoms with Crippen molar-refractivity contribution in [3.63, 3.8) is 0 Å². The Bertz CT molecular complexity index is 309. The van der Waals surface area contributed by atoms with Crippen LogP contribution in [0.5, 0.6) is 11.5 Å². The smallest absolute Gasteiger partial charge is 0.302 e. The molecule has 1 N–H and O–H groups in total. The van der Waals surface area contributed by atoms with E-state index < -0.39 is 0 Å². The van der Waals surface area contributed by atoms with Crippen LogP contribution in [0.15, 0.2) is 24.3 Å². The predicted molar refractivity (Wildman–Crippen MR) is 50.2 cm³/mol. The van der Waals surface area contributed by atoms with Gasteiger partial charge >= 0.3 is 5.97 Å². The Morgan fingerprint density at radius 1 is 1.36 bits per heavy atom. The van der Waals surface area contributed by atoms with Crippen molar-refractivity contribution in [2.75, 3.05) is 13.2 Å². The highest BCUT2D eigenvalue weighted by atomic mass is 16.6. The van der Waals surface area contributed by atoms with Crippen LogP contribution in [0.4, 0.5) is 0 Å². The fraction of sp³-hybridized carbons (Fsp3) is 0.300. The van der Waals surface area contributed by atoms with E-state index in [1.165, 1.54) is 13.0 Å². The number of aromatic hydroxyl groups is 1. The minimum atomic E-state index is -0.342. The lowest BCUT2D eigenvalue weighted by Crippen LogP contribution is -2.09. The number of hydrogen-bond donors (Lipinski definition) is 1. The van der Waals surface area contributed by atoms with E-state index in [1.807, 2.05) is 0 Å². The number of phenols is 1. The molecule has 0 heterocycles. The fourth-order valence-electron chi connectivity index (χ4n) is 0.916. The first-order chi connectivity index (χ1) is 6.70. The molecule has 1 rings (SSSR count). The number of benzene rings is 1. The summed E-state index contributed by atoms with van der Waals surface area (Å²) in [6, 6.07) is 6.62. The molecule has 0 amide bonds. The van der Waals surface area contributed by atoms with Crippen LogP contribution in [0.3, 0.4) is 0 Å². The maximum atomic E-state index is 10.4. The summed E-state index contributed by atoms with van der Waals surface area (Å²) in [7, 11) is 0. The second kappa shape index (κ2) is 5.11. The Kier molecular flexibility index (Phi) is 3.79. The van der Waals surface area contributed by atoms with Gasteiger partial charge in [0, 0.05) is 6.92 Å². The fourth-order valence-corrected chi connectivity index (χ4v) is 0.916. The molecular weight excluding hydrogens is 184 g/mol. The highest BCUT2D eigenvalue weighted by Gasteiger charge is 2.00. The maximum Gasteiger partial charge on any atom is 0.302 e. The Balaban J connectivity index is 2.31. The zero-order valence-corrected chi connectivity index (χ0v) is 7.90. The molecule has 0 aliphatic carbocycles. The van der Waals surface area contributed by atoms with Crippen molar-refractivity contribution in [3.8, 4) is 11.5 Å². The van der Waals surface area contributed by atoms with Gasteiger partial charge in [-0.05, 0) is 12.1 Å². The Morgan fingerprint density at radius 3 is 2.71 bits per heavy atom. The molecule has 0 saturated heterocycles. The summed E-state index contributed by atoms with van der Waals surface area (Å²) < 4.78 is 9.82. The average molecular weight is 196 g/mol. The number of para-hydroxylation sites is 2. The van der Waals surface area contributed by atoms with Gasteiger partial charge in [-0.1, -0.05) is 12.1 Å². The van der Waals surface area contributed by atoms with Gasteiger partial charge in [0.15, 0.2) is 11.5 Å². The quantitative estimate of drug-likeness (QED) is 0.583. The molecule has 0 saturated carbocycles. The summed E-state index contributed by atoms with van der Waals surface area (Å²) in [6.45, 7) is 1.75. The molecule has 76 valence electrons. The third kappa shape index (κ3) is 3.35. The molecule has 4 heteroatoms. The second-order valence-electron chi connectivity index (χ2n) is 2.66. The molecule has 0 unspecified atom stereocenters. The van der Waals surface area contributed by atoms with Crippen LogP contribution in [0.1, 0.15) is 6.92 Å². The van der Waals surface area contributed by atoms with Gasteiger partial charge in [-0.25, -0.2) is 0 Å². The van der Waals surface area contributed by atoms with E-state index in [0.717, 1.165) is 0 Å². The van der Waals surface area contributed by atoms with Gasteiger partial charge in [-0.15, -0.1) is 0 Å². The van der Waals surface area contributed by atoms with Crippen molar-refractivity contribution in [3.05, 3.63) is 24.3 Å². The Labute approximate surface area is 82.1 Å². The molecular formula is C10H12O4. The number of carbonyl (C=O) groups excluding carboxylic acids is 1. The summed E-state index contributed by atoms with van der Waals surface area (Å²) in [4.78, 5) is 10.4. The Hall–Kier alpha value is -1.71. The summed E-state index contributed by atoms with van der Waals surface area (Å²) in [5, 5.41) is 9.29. The van der Waals surface area contributed by atoms with Gasteiger partial charge in [0.2, 0.25) is 0 Å². The standard InChI is InChI=1S/C10H12O4/c1-8(11)13-6-7-14-10-5-3-2-4-9(10)12/h2-5,12H,6-7H2,1H3. The van der Waals surface area contributed by atoms with Gasteiger partial charge in [-0.2, -0.15) is 0 Å². The number of hydrogen-bond acceptors (Lipinski definition) is 4. The van der Waals surface area contributed by atoms with Gasteiger partial charge in [-0.3, -0.25) is 4.79 Å². The van der Waals surface area contributed by atoms with Crippen LogP contribution in [0, 0.1) is 0 Å². The number of ether oxygens (including phenoxy) is 2. The summed E-state index contributed by atoms with van der Waals surface area (Å²) in [5.41, 5.74) is 0. The lowest BCUT2D eigenvalue weighted by Gasteiger charge is -2.07. The molecule has 1 aromatic carbocycles. The van der Waals surface area contributed by atoms with E-state index in [-0.39, 0.29) is 24.9 Å². The van der Waals surface area contributed by atoms with Crippen molar-refractivity contribution in [1.29, 1.82) is 0 Å². The molecule has 0 spiro atoms. The van der Waals surface area contributed by atoms with Crippen LogP contribution in [-0.4, -0.2) is 24.3 Å². The average Bonchev–Trinajstić information content (AvgIpc) is 2.15. The van der Waals surface area contributed by atoms with Gasteiger partial charge in [0.1, 0.15) is 13.2 Å². The van der Waals surface area contributed by atoms with E-state index in [1.54, 1.807) is 18.2 Å². The summed E-state index contributed by atoms with van der Waals surface area (Å²) >= 11 is 0. The maximum absolute atomic E-state index is 10.4. The number of rotatable bonds is 4. The third-order valence-electron chi connectivity index (χ3n) is 1.51. The number of esters is 1. The van der Waals surface area contributed by atoms with Crippen molar-refractivity contribution >= 4 is 5.97 Å². The first-order valence-electron chi connectivity index (χ1n) is 4.24. The number of phenolic OH excluding ortho intramolecular Hbond substituents is 1. The first kappa shape index (κ1) is 10.4. The SMILES string of the molecule is CC(=O)OCCOc1ccccc1O. The van der Waals surface area contributed by atoms with E-state index in [0.29, 0.717) is 5.75 Å². The second-order valence-corrected chi connectivity index (χ2v) is 2.66. The van der Waals surface area contributed by atoms with Crippen LogP contribution >= 0.6 is 0 Å². The number of carbonyl (C=O) groups is 1. The highest BCUT2D eigenvalue weighted by molar-refractivity contribution is 5.65. The minimum absolute atomic E-state index is 0.0790. The highest BCUT2D eigenvalue weighted by Crippen LogP contribution is 2.23. The van der Waals surface area contributed by atoms with E-state index in [4.69, 9.17) is 4.74 Å². The summed E-state index contributed by atoms with van der Waals surface area (Å²) in [5.74, 6) is 0.126. The third-order valence-corrected chi connectivity index (χ3v) is 1.51. The molecule has 0 aromatic heterocycles. The molecule has 0 radical (unpaired) electrons. The topological polar surface area (TPSA) is 55.8 Å². The van der Waals surface area contributed by atoms with E-state index >= 15 is 0 Å². The largest absolute Gasteiger partial charge is 0.504 e. The van der Waals surface area contributed by atoms with Crippen LogP contribution in [0.2, 0.25) is 0 Å². The lowest BCUT2D eigenvalue weighted by atomic mass is 10.3. The molecule has 0 bridgehead atoms. The van der Waals surface area contributed by atoms with E-state index in [9.17, 15) is 9.90 Å². The monoisotopic (exact) mass is 196 g/mol. The van der Waals surface area contributed by atoms with Gasteiger partial charge in [0.05, 0.1) is 0 Å². The van der Waals surface area contributed by atoms with Crippen molar-refractivity contribution in [1.82, 2.24) is 0 Å². The van der Waals surface area contributed by atoms with Crippen LogP contribution in [-0.2, 0) is 9.53 Å². The summed E-state index contributed by atoms with van der Waals surface area (Å²) in [6.07, 6.45) is 0. The molecule has 1 aromatic rings. The predicted octanol–water partition coefficient (Wildman–Crippen LogP) is 1.33. The van der Waals surface area contributed by atoms with Crippen molar-refractivity contribution in [2.24, 2.45) is 0 Å². The van der Waals surface area contributed by atoms with Gasteiger partial charge < -0.3 is 14.6 Å². The van der Waals surface area contributed by atoms with Crippen LogP contribution < -0.4 is 4.74 Å². The molecule has 0 atom stereocenters. The minimum Gasteiger partial charge on any atom is -0.504 e. The Morgan fingerprint density at radius 2 is 2.07 bits per heavy atom. The van der Waals surface area contributed by atoms with Crippen molar-refractivity contribution < 1.29 is 19.4 Å². The van der Waals surface area contributed by atoms with Crippen molar-refractivity contribution in [2.45, 2.75) is 6.92 Å². The zero-order valence-electron chi connectivity index (χ0n) is 7.90. The van der Waals surface area contributed by atoms with Crippen LogP contribution in [0.25, 0.3) is 0 Å². The van der Waals surface area contributed by atoms with Gasteiger partial charge in [0.25, 0.3) is 0 Å². The molecule has 14 heavy (non-hydrogen) atoms. The lowest BCUT2D eigenvalue weighted by molar-refractivity contribution is -0.141. The first-order valence-corrected chi connectivity index (χ1v) is 4.24. The van der Waals surface area contributed by atoms with E-state index in [2.05, 4.69) is 4.74 Å².